The molecule has 1 rings (SSSR count). The molecule has 1 N–H and O–H groups in total. The van der Waals surface area contributed by atoms with Crippen molar-refractivity contribution in [3.05, 3.63) is 45.5 Å². The number of rotatable bonds is 3. The Kier molecular flexibility index (Phi) is 4.21. The van der Waals surface area contributed by atoms with Gasteiger partial charge in [-0.1, -0.05) is 12.1 Å². The molecule has 98 valence electrons. The van der Waals surface area contributed by atoms with Crippen molar-refractivity contribution in [2.75, 3.05) is 14.1 Å². The minimum atomic E-state index is -0.724. The van der Waals surface area contributed by atoms with Gasteiger partial charge in [0.2, 0.25) is 0 Å². The number of para-hydroxylation sites is 1. The van der Waals surface area contributed by atoms with Gasteiger partial charge in [0.05, 0.1) is 10.5 Å². The standard InChI is InChI=1S/C12H11N3O4/c1-14(2)12(17)9(7-13)11(16)8-5-3-4-6-10(8)15(18)19/h3-6,16H,1-2H3. The summed E-state index contributed by atoms with van der Waals surface area (Å²) in [6, 6.07) is 6.91. The second-order valence-electron chi connectivity index (χ2n) is 3.81. The summed E-state index contributed by atoms with van der Waals surface area (Å²) < 4.78 is 0. The van der Waals surface area contributed by atoms with Crippen LogP contribution in [0.15, 0.2) is 29.8 Å². The molecule has 0 saturated carbocycles. The summed E-state index contributed by atoms with van der Waals surface area (Å²) in [5, 5.41) is 29.7. The first-order valence-electron chi connectivity index (χ1n) is 5.19. The van der Waals surface area contributed by atoms with Crippen molar-refractivity contribution in [3.8, 4) is 6.07 Å². The lowest BCUT2D eigenvalue weighted by molar-refractivity contribution is -0.385. The molecule has 0 radical (unpaired) electrons. The highest BCUT2D eigenvalue weighted by Crippen LogP contribution is 2.26. The minimum absolute atomic E-state index is 0.167. The van der Waals surface area contributed by atoms with Crippen molar-refractivity contribution >= 4 is 17.4 Å². The monoisotopic (exact) mass is 261 g/mol. The van der Waals surface area contributed by atoms with E-state index in [1.54, 1.807) is 6.07 Å². The maximum absolute atomic E-state index is 11.7. The topological polar surface area (TPSA) is 107 Å². The third-order valence-corrected chi connectivity index (χ3v) is 2.32. The fraction of sp³-hybridized carbons (Fsp3) is 0.167. The van der Waals surface area contributed by atoms with Gasteiger partial charge in [-0.3, -0.25) is 14.9 Å². The SMILES string of the molecule is CN(C)C(=O)C(C#N)=C(O)c1ccccc1[N+](=O)[O-]. The summed E-state index contributed by atoms with van der Waals surface area (Å²) in [6.07, 6.45) is 0. The number of aliphatic hydroxyl groups is 1. The largest absolute Gasteiger partial charge is 0.505 e. The van der Waals surface area contributed by atoms with E-state index < -0.39 is 22.2 Å². The van der Waals surface area contributed by atoms with Crippen LogP contribution in [0.1, 0.15) is 5.56 Å². The molecule has 1 amide bonds. The lowest BCUT2D eigenvalue weighted by Gasteiger charge is -2.10. The molecule has 0 bridgehead atoms. The van der Waals surface area contributed by atoms with Crippen molar-refractivity contribution in [3.63, 3.8) is 0 Å². The zero-order chi connectivity index (χ0) is 14.6. The lowest BCUT2D eigenvalue weighted by Crippen LogP contribution is -2.23. The maximum Gasteiger partial charge on any atom is 0.280 e. The summed E-state index contributed by atoms with van der Waals surface area (Å²) in [7, 11) is 2.82. The summed E-state index contributed by atoms with van der Waals surface area (Å²) in [5.74, 6) is -1.42. The molecule has 1 aromatic carbocycles. The Morgan fingerprint density at radius 1 is 1.42 bits per heavy atom. The van der Waals surface area contributed by atoms with Crippen LogP contribution in [0.2, 0.25) is 0 Å². The Hall–Kier alpha value is -2.88. The van der Waals surface area contributed by atoms with E-state index in [1.807, 2.05) is 0 Å². The van der Waals surface area contributed by atoms with Crippen molar-refractivity contribution in [1.82, 2.24) is 4.90 Å². The third-order valence-electron chi connectivity index (χ3n) is 2.32. The van der Waals surface area contributed by atoms with Crippen LogP contribution < -0.4 is 0 Å². The van der Waals surface area contributed by atoms with Gasteiger partial charge in [-0.25, -0.2) is 0 Å². The zero-order valence-corrected chi connectivity index (χ0v) is 10.3. The Balaban J connectivity index is 3.48. The van der Waals surface area contributed by atoms with E-state index in [2.05, 4.69) is 0 Å². The normalized spacial score (nSPS) is 11.2. The van der Waals surface area contributed by atoms with Gasteiger partial charge in [0, 0.05) is 20.2 Å². The predicted octanol–water partition coefficient (Wildman–Crippen LogP) is 1.48. The highest BCUT2D eigenvalue weighted by molar-refractivity contribution is 6.03. The summed E-state index contributed by atoms with van der Waals surface area (Å²) in [5.41, 5.74) is -1.09. The first-order chi connectivity index (χ1) is 8.90. The van der Waals surface area contributed by atoms with E-state index in [9.17, 15) is 20.0 Å². The van der Waals surface area contributed by atoms with E-state index in [1.165, 1.54) is 38.4 Å². The van der Waals surface area contributed by atoms with Gasteiger partial charge in [-0.15, -0.1) is 0 Å². The van der Waals surface area contributed by atoms with Crippen LogP contribution in [-0.2, 0) is 4.79 Å². The number of carbonyl (C=O) groups excluding carboxylic acids is 1. The van der Waals surface area contributed by atoms with Crippen molar-refractivity contribution in [2.24, 2.45) is 0 Å². The molecule has 7 heteroatoms. The Morgan fingerprint density at radius 2 is 2.00 bits per heavy atom. The fourth-order valence-corrected chi connectivity index (χ4v) is 1.39. The number of nitrogens with zero attached hydrogens (tertiary/aromatic N) is 3. The van der Waals surface area contributed by atoms with Crippen molar-refractivity contribution in [2.45, 2.75) is 0 Å². The fourth-order valence-electron chi connectivity index (χ4n) is 1.39. The highest BCUT2D eigenvalue weighted by Gasteiger charge is 2.23. The molecule has 0 aliphatic heterocycles. The number of benzene rings is 1. The number of carbonyl (C=O) groups is 1. The molecular weight excluding hydrogens is 250 g/mol. The summed E-state index contributed by atoms with van der Waals surface area (Å²) in [4.78, 5) is 22.9. The van der Waals surface area contributed by atoms with Crippen LogP contribution >= 0.6 is 0 Å². The average molecular weight is 261 g/mol. The van der Waals surface area contributed by atoms with Crippen molar-refractivity contribution < 1.29 is 14.8 Å². The smallest absolute Gasteiger partial charge is 0.280 e. The molecule has 0 fully saturated rings. The molecule has 0 spiro atoms. The highest BCUT2D eigenvalue weighted by atomic mass is 16.6. The van der Waals surface area contributed by atoms with E-state index in [4.69, 9.17) is 5.26 Å². The number of hydrogen-bond acceptors (Lipinski definition) is 5. The molecule has 0 aliphatic carbocycles. The number of hydrogen-bond donors (Lipinski definition) is 1. The van der Waals surface area contributed by atoms with Gasteiger partial charge < -0.3 is 10.0 Å². The van der Waals surface area contributed by atoms with Crippen LogP contribution in [0.3, 0.4) is 0 Å². The molecule has 7 nitrogen and oxygen atoms in total. The first kappa shape index (κ1) is 14.2. The minimum Gasteiger partial charge on any atom is -0.505 e. The van der Waals surface area contributed by atoms with Gasteiger partial charge >= 0.3 is 0 Å². The molecule has 0 saturated heterocycles. The number of nitro benzene ring substituents is 1. The summed E-state index contributed by atoms with van der Waals surface area (Å²) >= 11 is 0. The maximum atomic E-state index is 11.7. The van der Waals surface area contributed by atoms with Crippen LogP contribution in [-0.4, -0.2) is 34.9 Å². The van der Waals surface area contributed by atoms with Gasteiger partial charge in [0.15, 0.2) is 11.3 Å². The molecule has 0 atom stereocenters. The van der Waals surface area contributed by atoms with Gasteiger partial charge in [0.25, 0.3) is 11.6 Å². The Labute approximate surface area is 109 Å². The molecule has 0 heterocycles. The second-order valence-corrected chi connectivity index (χ2v) is 3.81. The van der Waals surface area contributed by atoms with Crippen LogP contribution in [0, 0.1) is 21.4 Å². The number of nitro groups is 1. The van der Waals surface area contributed by atoms with E-state index in [0.717, 1.165) is 4.90 Å². The molecule has 0 unspecified atom stereocenters. The Bertz CT molecular complexity index is 599. The quantitative estimate of drug-likeness (QED) is 0.291. The van der Waals surface area contributed by atoms with Gasteiger partial charge in [0.1, 0.15) is 6.07 Å². The van der Waals surface area contributed by atoms with E-state index in [0.29, 0.717) is 0 Å². The van der Waals surface area contributed by atoms with Crippen LogP contribution in [0.25, 0.3) is 5.76 Å². The average Bonchev–Trinajstić information content (AvgIpc) is 2.39. The molecule has 1 aromatic rings. The molecule has 19 heavy (non-hydrogen) atoms. The molecule has 0 aliphatic rings. The van der Waals surface area contributed by atoms with Crippen LogP contribution in [0.5, 0.6) is 0 Å². The number of aliphatic hydroxyl groups excluding tert-OH is 1. The second kappa shape index (κ2) is 5.64. The number of nitriles is 1. The molecular formula is C12H11N3O4. The zero-order valence-electron chi connectivity index (χ0n) is 10.3. The first-order valence-corrected chi connectivity index (χ1v) is 5.19. The molecule has 0 aromatic heterocycles. The lowest BCUT2D eigenvalue weighted by atomic mass is 10.1. The van der Waals surface area contributed by atoms with E-state index in [-0.39, 0.29) is 11.3 Å². The van der Waals surface area contributed by atoms with E-state index >= 15 is 0 Å². The third kappa shape index (κ3) is 2.87. The predicted molar refractivity (Wildman–Crippen MR) is 67.0 cm³/mol. The van der Waals surface area contributed by atoms with Crippen molar-refractivity contribution in [1.29, 1.82) is 5.26 Å². The Morgan fingerprint density at radius 3 is 2.47 bits per heavy atom. The number of likely N-dealkylation sites (N-methyl/N-ethyl adjacent to an activating group) is 1. The van der Waals surface area contributed by atoms with Crippen LogP contribution in [0.4, 0.5) is 5.69 Å². The summed E-state index contributed by atoms with van der Waals surface area (Å²) in [6.45, 7) is 0. The number of amides is 1. The van der Waals surface area contributed by atoms with Gasteiger partial charge in [-0.2, -0.15) is 5.26 Å². The van der Waals surface area contributed by atoms with Gasteiger partial charge in [-0.05, 0) is 6.07 Å².